The largest absolute Gasteiger partial charge is 0.472 e. The summed E-state index contributed by atoms with van der Waals surface area (Å²) >= 11 is 0. The van der Waals surface area contributed by atoms with Gasteiger partial charge in [-0.25, -0.2) is 18.2 Å². The van der Waals surface area contributed by atoms with Crippen LogP contribution in [-0.2, 0) is 9.47 Å². The first-order valence-electron chi connectivity index (χ1n) is 21.1. The number of halogens is 3. The van der Waals surface area contributed by atoms with Gasteiger partial charge in [0.1, 0.15) is 60.9 Å². The van der Waals surface area contributed by atoms with Crippen LogP contribution in [0, 0.1) is 23.1 Å². The van der Waals surface area contributed by atoms with E-state index in [4.69, 9.17) is 38.6 Å². The molecule has 0 spiro atoms. The number of benzene rings is 2. The van der Waals surface area contributed by atoms with Gasteiger partial charge in [0.15, 0.2) is 12.6 Å². The van der Waals surface area contributed by atoms with Crippen LogP contribution < -0.4 is 19.1 Å². The highest BCUT2D eigenvalue weighted by molar-refractivity contribution is 6.90. The minimum absolute atomic E-state index is 0.0199. The van der Waals surface area contributed by atoms with Crippen LogP contribution in [0.2, 0.25) is 16.6 Å². The van der Waals surface area contributed by atoms with Crippen molar-refractivity contribution in [2.75, 3.05) is 58.3 Å². The fourth-order valence-electron chi connectivity index (χ4n) is 10.5. The average molecular weight is 832 g/mol. The highest BCUT2D eigenvalue weighted by Gasteiger charge is 2.50. The van der Waals surface area contributed by atoms with Gasteiger partial charge in [-0.2, -0.15) is 9.97 Å². The van der Waals surface area contributed by atoms with E-state index in [1.165, 1.54) is 13.2 Å². The molecule has 6 heterocycles. The topological polar surface area (TPSA) is 91.3 Å². The Hall–Kier alpha value is -4.16. The molecule has 4 aromatic rings. The highest BCUT2D eigenvalue weighted by Crippen LogP contribution is 2.46. The molecule has 3 saturated heterocycles. The van der Waals surface area contributed by atoms with Crippen molar-refractivity contribution in [2.24, 2.45) is 0 Å². The number of rotatable bonds is 10. The molecule has 14 heteroatoms. The van der Waals surface area contributed by atoms with Crippen molar-refractivity contribution in [3.05, 3.63) is 41.5 Å². The number of ether oxygens (including phenoxy) is 5. The zero-order valence-corrected chi connectivity index (χ0v) is 36.5. The van der Waals surface area contributed by atoms with Gasteiger partial charge in [0.05, 0.1) is 23.8 Å². The summed E-state index contributed by atoms with van der Waals surface area (Å²) in [5, 5.41) is 1.30. The van der Waals surface area contributed by atoms with Crippen molar-refractivity contribution >= 4 is 35.6 Å². The minimum Gasteiger partial charge on any atom is -0.472 e. The maximum Gasteiger partial charge on any atom is 0.319 e. The highest BCUT2D eigenvalue weighted by atomic mass is 28.3. The summed E-state index contributed by atoms with van der Waals surface area (Å²) in [6, 6.07) is 6.17. The number of alkyl halides is 1. The molecule has 10 nitrogen and oxygen atoms in total. The van der Waals surface area contributed by atoms with Gasteiger partial charge in [-0.15, -0.1) is 5.54 Å². The Labute approximate surface area is 346 Å². The van der Waals surface area contributed by atoms with E-state index in [9.17, 15) is 4.39 Å². The van der Waals surface area contributed by atoms with Gasteiger partial charge in [-0.3, -0.25) is 4.90 Å². The van der Waals surface area contributed by atoms with E-state index in [1.54, 1.807) is 18.2 Å². The average Bonchev–Trinajstić information content (AvgIpc) is 3.56. The fourth-order valence-corrected chi connectivity index (χ4v) is 15.7. The molecule has 0 aliphatic carbocycles. The monoisotopic (exact) mass is 831 g/mol. The summed E-state index contributed by atoms with van der Waals surface area (Å²) in [6.45, 7) is 17.9. The molecule has 4 atom stereocenters. The van der Waals surface area contributed by atoms with E-state index in [2.05, 4.69) is 62.8 Å². The lowest BCUT2D eigenvalue weighted by molar-refractivity contribution is 0.0512. The summed E-state index contributed by atoms with van der Waals surface area (Å²) in [5.41, 5.74) is 4.39. The number of methoxy groups -OCH3 is 1. The predicted octanol–water partition coefficient (Wildman–Crippen LogP) is 9.01. The zero-order chi connectivity index (χ0) is 41.8. The van der Waals surface area contributed by atoms with Crippen molar-refractivity contribution in [1.82, 2.24) is 19.9 Å². The van der Waals surface area contributed by atoms with Gasteiger partial charge in [0.25, 0.3) is 0 Å². The Morgan fingerprint density at radius 1 is 0.983 bits per heavy atom. The first-order chi connectivity index (χ1) is 28.3. The SMILES string of the molecule is COCOc1cc(-c2nc3c4c(nc(OC[C@@]56CCCN5C[C@H](F)C6)nc4c2F)N2CCCOC[C@H]2C(C)O3)c2c(C#C[Si](C(C)C)(C(C)C)C(C)C)c(F)ccc2c1. The van der Waals surface area contributed by atoms with Crippen LogP contribution in [0.1, 0.15) is 79.7 Å². The number of nitrogens with zero attached hydrogens (tertiary/aromatic N) is 5. The second-order valence-electron chi connectivity index (χ2n) is 17.7. The van der Waals surface area contributed by atoms with Gasteiger partial charge in [-0.05, 0) is 72.9 Å². The molecule has 4 aliphatic rings. The molecule has 8 rings (SSSR count). The lowest BCUT2D eigenvalue weighted by atomic mass is 9.95. The molecule has 3 fully saturated rings. The van der Waals surface area contributed by atoms with Crippen LogP contribution in [0.15, 0.2) is 24.3 Å². The minimum atomic E-state index is -2.32. The molecular weight excluding hydrogens is 776 g/mol. The van der Waals surface area contributed by atoms with Crippen LogP contribution in [-0.4, -0.2) is 105 Å². The van der Waals surface area contributed by atoms with Gasteiger partial charge in [0.2, 0.25) is 5.88 Å². The van der Waals surface area contributed by atoms with E-state index in [-0.39, 0.29) is 53.7 Å². The molecule has 1 unspecified atom stereocenters. The Kier molecular flexibility index (Phi) is 11.5. The van der Waals surface area contributed by atoms with E-state index in [0.717, 1.165) is 19.4 Å². The van der Waals surface area contributed by atoms with Crippen molar-refractivity contribution in [1.29, 1.82) is 0 Å². The van der Waals surface area contributed by atoms with Gasteiger partial charge < -0.3 is 28.6 Å². The zero-order valence-electron chi connectivity index (χ0n) is 35.5. The first kappa shape index (κ1) is 41.6. The molecule has 59 heavy (non-hydrogen) atoms. The standard InChI is InChI=1S/C45H56F3N5O5Si/c1-26(2)59(27(3)4,28(5)6)18-13-33-35(47)12-11-30-19-32(57-25-54-8)20-34(37(30)33)40-39(48)41-38-42(53-16-10-17-55-23-36(53)29(7)58-43(38)49-40)51-44(50-41)56-24-45-14-9-15-52(45)22-31(46)21-45/h11-12,19-20,26-29,31,36H,9-10,14-17,21-25H2,1-8H3/t29?,31-,36+,45+/m1/s1. The van der Waals surface area contributed by atoms with E-state index < -0.39 is 37.5 Å². The normalized spacial score (nSPS) is 23.3. The van der Waals surface area contributed by atoms with E-state index in [0.29, 0.717) is 83.5 Å². The predicted molar refractivity (Wildman–Crippen MR) is 226 cm³/mol. The lowest BCUT2D eigenvalue weighted by Gasteiger charge is -2.38. The van der Waals surface area contributed by atoms with Crippen molar-refractivity contribution in [3.63, 3.8) is 0 Å². The second kappa shape index (κ2) is 16.4. The quantitative estimate of drug-likeness (QED) is 0.0877. The molecule has 316 valence electrons. The maximum absolute atomic E-state index is 17.9. The molecule has 2 aromatic heterocycles. The second-order valence-corrected chi connectivity index (χ2v) is 23.3. The van der Waals surface area contributed by atoms with Gasteiger partial charge in [0, 0.05) is 44.2 Å². The summed E-state index contributed by atoms with van der Waals surface area (Å²) in [5.74, 6) is 3.02. The Bertz CT molecular complexity index is 2280. The Balaban J connectivity index is 1.37. The molecule has 0 bridgehead atoms. The smallest absolute Gasteiger partial charge is 0.319 e. The van der Waals surface area contributed by atoms with Crippen LogP contribution in [0.3, 0.4) is 0 Å². The third-order valence-corrected chi connectivity index (χ3v) is 19.6. The van der Waals surface area contributed by atoms with Crippen molar-refractivity contribution < 1.29 is 36.9 Å². The fraction of sp³-hybridized carbons (Fsp3) is 0.578. The number of aromatic nitrogens is 3. The summed E-state index contributed by atoms with van der Waals surface area (Å²) in [7, 11) is -0.810. The van der Waals surface area contributed by atoms with Gasteiger partial charge in [-0.1, -0.05) is 53.5 Å². The van der Waals surface area contributed by atoms with Crippen LogP contribution in [0.5, 0.6) is 17.6 Å². The van der Waals surface area contributed by atoms with E-state index in [1.807, 2.05) is 6.92 Å². The number of hydrogen-bond acceptors (Lipinski definition) is 10. The summed E-state index contributed by atoms with van der Waals surface area (Å²) < 4.78 is 79.3. The lowest BCUT2D eigenvalue weighted by Crippen LogP contribution is -2.46. The van der Waals surface area contributed by atoms with Crippen LogP contribution in [0.4, 0.5) is 19.0 Å². The molecule has 4 aliphatic heterocycles. The molecule has 0 N–H and O–H groups in total. The first-order valence-corrected chi connectivity index (χ1v) is 23.4. The number of hydrogen-bond donors (Lipinski definition) is 0. The number of anilines is 1. The van der Waals surface area contributed by atoms with Crippen LogP contribution >= 0.6 is 0 Å². The number of pyridine rings is 1. The van der Waals surface area contributed by atoms with Crippen LogP contribution in [0.25, 0.3) is 32.9 Å². The van der Waals surface area contributed by atoms with Crippen molar-refractivity contribution in [2.45, 2.75) is 115 Å². The third-order valence-electron chi connectivity index (χ3n) is 13.3. The van der Waals surface area contributed by atoms with Gasteiger partial charge >= 0.3 is 6.01 Å². The van der Waals surface area contributed by atoms with Crippen molar-refractivity contribution in [3.8, 4) is 40.4 Å². The van der Waals surface area contributed by atoms with E-state index >= 15 is 8.78 Å². The summed E-state index contributed by atoms with van der Waals surface area (Å²) in [6.07, 6.45) is 1.43. The molecule has 0 radical (unpaired) electrons. The molecular formula is C45H56F3N5O5Si. The molecule has 0 amide bonds. The number of fused-ring (bicyclic) bond motifs is 4. The Morgan fingerprint density at radius 3 is 2.51 bits per heavy atom. The molecule has 0 saturated carbocycles. The Morgan fingerprint density at radius 2 is 1.76 bits per heavy atom. The maximum atomic E-state index is 17.9. The summed E-state index contributed by atoms with van der Waals surface area (Å²) in [4.78, 5) is 18.9. The third kappa shape index (κ3) is 7.29. The molecule has 2 aromatic carbocycles.